The van der Waals surface area contributed by atoms with E-state index in [4.69, 9.17) is 9.47 Å². The Morgan fingerprint density at radius 2 is 2.12 bits per heavy atom. The lowest BCUT2D eigenvalue weighted by Gasteiger charge is -2.07. The monoisotopic (exact) mass is 373 g/mol. The zero-order valence-electron chi connectivity index (χ0n) is 14.5. The number of fused-ring (bicyclic) bond motifs is 1. The van der Waals surface area contributed by atoms with Gasteiger partial charge in [-0.25, -0.2) is 4.98 Å². The van der Waals surface area contributed by atoms with Gasteiger partial charge in [0.2, 0.25) is 5.91 Å². The van der Waals surface area contributed by atoms with Crippen molar-refractivity contribution in [2.75, 3.05) is 26.1 Å². The van der Waals surface area contributed by atoms with E-state index in [2.05, 4.69) is 15.6 Å². The van der Waals surface area contributed by atoms with Crippen LogP contribution in [0.3, 0.4) is 0 Å². The number of hydrogen-bond donors (Lipinski definition) is 2. The molecule has 0 saturated carbocycles. The lowest BCUT2D eigenvalue weighted by molar-refractivity contribution is -0.111. The Morgan fingerprint density at radius 3 is 2.88 bits per heavy atom. The maximum Gasteiger partial charge on any atom is 0.263 e. The first-order valence-electron chi connectivity index (χ1n) is 8.09. The highest BCUT2D eigenvalue weighted by Gasteiger charge is 2.20. The average Bonchev–Trinajstić information content (AvgIpc) is 2.97. The van der Waals surface area contributed by atoms with Crippen molar-refractivity contribution in [1.29, 1.82) is 0 Å². The largest absolute Gasteiger partial charge is 0.493 e. The number of ether oxygens (including phenoxy) is 2. The molecule has 0 fully saturated rings. The number of hydrogen-bond acceptors (Lipinski definition) is 6. The number of benzene rings is 1. The Hall–Kier alpha value is -2.87. The highest BCUT2D eigenvalue weighted by molar-refractivity contribution is 7.17. The van der Waals surface area contributed by atoms with Crippen LogP contribution < -0.4 is 20.1 Å². The first-order chi connectivity index (χ1) is 12.6. The van der Waals surface area contributed by atoms with Crippen LogP contribution in [-0.4, -0.2) is 37.6 Å². The summed E-state index contributed by atoms with van der Waals surface area (Å²) in [6, 6.07) is 5.37. The van der Waals surface area contributed by atoms with Crippen LogP contribution in [-0.2, 0) is 11.2 Å². The topological polar surface area (TPSA) is 89.5 Å². The molecule has 0 radical (unpaired) electrons. The minimum absolute atomic E-state index is 0.128. The lowest BCUT2D eigenvalue weighted by atomic mass is 10.2. The van der Waals surface area contributed by atoms with Gasteiger partial charge >= 0.3 is 0 Å². The van der Waals surface area contributed by atoms with Crippen molar-refractivity contribution in [3.63, 3.8) is 0 Å². The van der Waals surface area contributed by atoms with E-state index in [1.165, 1.54) is 17.4 Å². The second-order valence-electron chi connectivity index (χ2n) is 5.59. The Morgan fingerprint density at radius 1 is 1.31 bits per heavy atom. The maximum absolute atomic E-state index is 12.1. The zero-order valence-corrected chi connectivity index (χ0v) is 15.3. The van der Waals surface area contributed by atoms with Crippen LogP contribution in [0, 0.1) is 0 Å². The first kappa shape index (κ1) is 17.9. The van der Waals surface area contributed by atoms with E-state index in [0.29, 0.717) is 28.1 Å². The number of methoxy groups -OCH3 is 2. The number of anilines is 1. The van der Waals surface area contributed by atoms with Gasteiger partial charge in [0.1, 0.15) is 4.88 Å². The van der Waals surface area contributed by atoms with Crippen LogP contribution in [0.4, 0.5) is 5.13 Å². The molecule has 0 spiro atoms. The molecule has 1 aliphatic rings. The van der Waals surface area contributed by atoms with Crippen molar-refractivity contribution in [3.8, 4) is 11.5 Å². The van der Waals surface area contributed by atoms with Gasteiger partial charge in [-0.2, -0.15) is 0 Å². The number of thiazole rings is 1. The van der Waals surface area contributed by atoms with E-state index in [9.17, 15) is 9.59 Å². The second kappa shape index (κ2) is 8.01. The molecule has 2 amide bonds. The quantitative estimate of drug-likeness (QED) is 0.786. The number of nitrogens with one attached hydrogen (secondary N) is 2. The molecular weight excluding hydrogens is 354 g/mol. The van der Waals surface area contributed by atoms with Crippen LogP contribution in [0.5, 0.6) is 11.5 Å². The summed E-state index contributed by atoms with van der Waals surface area (Å²) in [4.78, 5) is 29.0. The molecule has 8 heteroatoms. The number of rotatable bonds is 5. The zero-order chi connectivity index (χ0) is 18.5. The van der Waals surface area contributed by atoms with Crippen LogP contribution in [0.25, 0.3) is 6.08 Å². The molecular formula is C18H19N3O4S. The van der Waals surface area contributed by atoms with E-state index in [0.717, 1.165) is 24.1 Å². The lowest BCUT2D eigenvalue weighted by Crippen LogP contribution is -2.21. The molecule has 0 unspecified atom stereocenters. The smallest absolute Gasteiger partial charge is 0.263 e. The summed E-state index contributed by atoms with van der Waals surface area (Å²) in [6.07, 6.45) is 4.65. The fourth-order valence-corrected chi connectivity index (χ4v) is 3.50. The summed E-state index contributed by atoms with van der Waals surface area (Å²) in [5.74, 6) is 0.766. The Bertz CT molecular complexity index is 860. The van der Waals surface area contributed by atoms with E-state index >= 15 is 0 Å². The fraction of sp³-hybridized carbons (Fsp3) is 0.278. The Balaban J connectivity index is 1.68. The standard InChI is InChI=1S/C18H19N3O4S/c1-24-13-7-5-11(10-14(13)25-2)6-8-15(22)21-18-20-12-4-3-9-19-17(23)16(12)26-18/h5-8,10H,3-4,9H2,1-2H3,(H,19,23)(H,20,21,22)/b8-6+. The number of carbonyl (C=O) groups excluding carboxylic acids is 2. The molecule has 0 bridgehead atoms. The summed E-state index contributed by atoms with van der Waals surface area (Å²) in [6.45, 7) is 0.650. The van der Waals surface area contributed by atoms with Crippen molar-refractivity contribution in [2.24, 2.45) is 0 Å². The van der Waals surface area contributed by atoms with Crippen LogP contribution in [0.1, 0.15) is 27.3 Å². The second-order valence-corrected chi connectivity index (χ2v) is 6.59. The molecule has 2 heterocycles. The minimum atomic E-state index is -0.316. The van der Waals surface area contributed by atoms with Crippen molar-refractivity contribution in [1.82, 2.24) is 10.3 Å². The normalized spacial score (nSPS) is 13.7. The SMILES string of the molecule is COc1ccc(/C=C/C(=O)Nc2nc3c(s2)C(=O)NCCC3)cc1OC. The molecule has 2 aromatic rings. The molecule has 2 N–H and O–H groups in total. The van der Waals surface area contributed by atoms with Gasteiger partial charge in [0.05, 0.1) is 19.9 Å². The van der Waals surface area contributed by atoms with Gasteiger partial charge in [-0.05, 0) is 36.6 Å². The third-order valence-corrected chi connectivity index (χ3v) is 4.86. The Kier molecular flexibility index (Phi) is 5.52. The number of nitrogens with zero attached hydrogens (tertiary/aromatic N) is 1. The highest BCUT2D eigenvalue weighted by Crippen LogP contribution is 2.28. The third-order valence-electron chi connectivity index (χ3n) is 3.84. The number of carbonyl (C=O) groups is 2. The summed E-state index contributed by atoms with van der Waals surface area (Å²) in [5.41, 5.74) is 1.54. The minimum Gasteiger partial charge on any atom is -0.493 e. The fourth-order valence-electron chi connectivity index (χ4n) is 2.57. The van der Waals surface area contributed by atoms with Crippen molar-refractivity contribution in [3.05, 3.63) is 40.4 Å². The Labute approximate surface area is 155 Å². The molecule has 1 aliphatic heterocycles. The summed E-state index contributed by atoms with van der Waals surface area (Å²) >= 11 is 1.19. The third kappa shape index (κ3) is 4.02. The van der Waals surface area contributed by atoms with Gasteiger partial charge in [0, 0.05) is 12.6 Å². The van der Waals surface area contributed by atoms with Crippen LogP contribution >= 0.6 is 11.3 Å². The molecule has 0 atom stereocenters. The summed E-state index contributed by atoms with van der Waals surface area (Å²) in [7, 11) is 3.12. The molecule has 1 aromatic heterocycles. The molecule has 1 aromatic carbocycles. The van der Waals surface area contributed by atoms with E-state index in [1.54, 1.807) is 32.4 Å². The molecule has 0 aliphatic carbocycles. The first-order valence-corrected chi connectivity index (χ1v) is 8.91. The van der Waals surface area contributed by atoms with Crippen molar-refractivity contribution in [2.45, 2.75) is 12.8 Å². The maximum atomic E-state index is 12.1. The summed E-state index contributed by atoms with van der Waals surface area (Å²) < 4.78 is 10.4. The molecule has 7 nitrogen and oxygen atoms in total. The van der Waals surface area contributed by atoms with Gasteiger partial charge in [-0.1, -0.05) is 17.4 Å². The van der Waals surface area contributed by atoms with Crippen LogP contribution in [0.2, 0.25) is 0 Å². The van der Waals surface area contributed by atoms with Gasteiger partial charge in [0.25, 0.3) is 5.91 Å². The average molecular weight is 373 g/mol. The number of aromatic nitrogens is 1. The molecule has 3 rings (SSSR count). The number of amides is 2. The van der Waals surface area contributed by atoms with E-state index in [-0.39, 0.29) is 11.8 Å². The predicted octanol–water partition coefficient (Wildman–Crippen LogP) is 2.49. The number of aryl methyl sites for hydroxylation is 1. The van der Waals surface area contributed by atoms with Gasteiger partial charge in [-0.3, -0.25) is 14.9 Å². The molecule has 0 saturated heterocycles. The van der Waals surface area contributed by atoms with E-state index in [1.807, 2.05) is 6.07 Å². The van der Waals surface area contributed by atoms with Gasteiger partial charge in [-0.15, -0.1) is 0 Å². The predicted molar refractivity (Wildman–Crippen MR) is 100.0 cm³/mol. The molecule has 136 valence electrons. The van der Waals surface area contributed by atoms with Crippen LogP contribution in [0.15, 0.2) is 24.3 Å². The van der Waals surface area contributed by atoms with Gasteiger partial charge in [0.15, 0.2) is 16.6 Å². The summed E-state index contributed by atoms with van der Waals surface area (Å²) in [5, 5.41) is 5.95. The van der Waals surface area contributed by atoms with Gasteiger partial charge < -0.3 is 14.8 Å². The van der Waals surface area contributed by atoms with Crippen molar-refractivity contribution >= 4 is 34.4 Å². The van der Waals surface area contributed by atoms with E-state index < -0.39 is 0 Å². The van der Waals surface area contributed by atoms with Crippen molar-refractivity contribution < 1.29 is 19.1 Å². The molecule has 26 heavy (non-hydrogen) atoms. The highest BCUT2D eigenvalue weighted by atomic mass is 32.1.